The minimum Gasteiger partial charge on any atom is -0.466 e. The van der Waals surface area contributed by atoms with Gasteiger partial charge in [0.05, 0.1) is 31.0 Å². The van der Waals surface area contributed by atoms with Crippen molar-refractivity contribution >= 4 is 17.5 Å². The molecule has 6 fully saturated rings. The zero-order valence-corrected chi connectivity index (χ0v) is 37.3. The number of Topliss-reactive ketones (excluding diaryl/α,β-unsaturated/α-hetero) is 2. The third kappa shape index (κ3) is 7.50. The monoisotopic (exact) mass is 791 g/mol. The van der Waals surface area contributed by atoms with Crippen molar-refractivity contribution in [1.29, 1.82) is 0 Å². The van der Waals surface area contributed by atoms with Gasteiger partial charge in [-0.25, -0.2) is 0 Å². The average Bonchev–Trinajstić information content (AvgIpc) is 3.77. The fourth-order valence-corrected chi connectivity index (χ4v) is 14.3. The summed E-state index contributed by atoms with van der Waals surface area (Å²) in [7, 11) is 6.96. The number of rotatable bonds is 11. The van der Waals surface area contributed by atoms with Gasteiger partial charge in [0, 0.05) is 69.4 Å². The molecule has 0 saturated heterocycles. The van der Waals surface area contributed by atoms with Crippen LogP contribution < -0.4 is 0 Å². The highest BCUT2D eigenvalue weighted by molar-refractivity contribution is 5.87. The number of carbonyl (C=O) groups is 3. The Labute approximate surface area is 338 Å². The maximum absolute atomic E-state index is 14.1. The quantitative estimate of drug-likeness (QED) is 0.149. The van der Waals surface area contributed by atoms with Crippen LogP contribution in [0.4, 0.5) is 0 Å². The fourth-order valence-electron chi connectivity index (χ4n) is 14.3. The lowest BCUT2D eigenvalue weighted by molar-refractivity contribution is -0.220. The Morgan fingerprint density at radius 3 is 1.62 bits per heavy atom. The first-order chi connectivity index (χ1) is 26.4. The molecule has 0 amide bonds. The minimum absolute atomic E-state index is 0.0111. The molecule has 6 rings (SSSR count). The van der Waals surface area contributed by atoms with Gasteiger partial charge in [0.25, 0.3) is 0 Å². The number of esters is 1. The van der Waals surface area contributed by atoms with Crippen molar-refractivity contribution in [2.45, 2.75) is 157 Å². The molecule has 16 atom stereocenters. The van der Waals surface area contributed by atoms with Crippen LogP contribution in [0.1, 0.15) is 133 Å². The molecule has 0 aromatic rings. The van der Waals surface area contributed by atoms with E-state index in [4.69, 9.17) is 33.2 Å². The van der Waals surface area contributed by atoms with E-state index in [1.165, 1.54) is 13.3 Å². The van der Waals surface area contributed by atoms with Crippen LogP contribution in [0.3, 0.4) is 0 Å². The van der Waals surface area contributed by atoms with Crippen LogP contribution in [0.2, 0.25) is 0 Å². The summed E-state index contributed by atoms with van der Waals surface area (Å²) >= 11 is 0. The molecule has 322 valence electrons. The maximum atomic E-state index is 14.1. The molecule has 10 nitrogen and oxygen atoms in total. The van der Waals surface area contributed by atoms with Crippen LogP contribution in [0.15, 0.2) is 0 Å². The fraction of sp³-hybridized carbons (Fsp3) is 0.935. The van der Waals surface area contributed by atoms with Crippen LogP contribution in [0.25, 0.3) is 0 Å². The second kappa shape index (κ2) is 17.7. The highest BCUT2D eigenvalue weighted by Crippen LogP contribution is 2.70. The van der Waals surface area contributed by atoms with Gasteiger partial charge in [-0.05, 0) is 105 Å². The van der Waals surface area contributed by atoms with E-state index in [9.17, 15) is 14.4 Å². The molecule has 4 bridgehead atoms. The summed E-state index contributed by atoms with van der Waals surface area (Å²) in [4.78, 5) is 38.6. The van der Waals surface area contributed by atoms with Crippen LogP contribution >= 0.6 is 0 Å². The van der Waals surface area contributed by atoms with E-state index in [2.05, 4.69) is 48.5 Å². The Balaban J connectivity index is 0.000000219. The van der Waals surface area contributed by atoms with Gasteiger partial charge in [0.1, 0.15) is 25.2 Å². The van der Waals surface area contributed by atoms with Crippen molar-refractivity contribution in [3.05, 3.63) is 0 Å². The van der Waals surface area contributed by atoms with Crippen LogP contribution in [0, 0.1) is 68.5 Å². The second-order valence-electron chi connectivity index (χ2n) is 20.0. The van der Waals surface area contributed by atoms with E-state index >= 15 is 0 Å². The van der Waals surface area contributed by atoms with Crippen LogP contribution in [0.5, 0.6) is 0 Å². The highest BCUT2D eigenvalue weighted by Gasteiger charge is 2.69. The molecule has 6 aliphatic carbocycles. The van der Waals surface area contributed by atoms with Gasteiger partial charge in [0.2, 0.25) is 0 Å². The summed E-state index contributed by atoms with van der Waals surface area (Å²) in [5.41, 5.74) is -0.739. The predicted molar refractivity (Wildman–Crippen MR) is 215 cm³/mol. The largest absolute Gasteiger partial charge is 0.466 e. The molecule has 6 aliphatic rings. The summed E-state index contributed by atoms with van der Waals surface area (Å²) in [6.07, 6.45) is 10.8. The van der Waals surface area contributed by atoms with Gasteiger partial charge in [-0.3, -0.25) is 14.4 Å². The Morgan fingerprint density at radius 2 is 1.14 bits per heavy atom. The van der Waals surface area contributed by atoms with Crippen molar-refractivity contribution in [2.24, 2.45) is 68.5 Å². The van der Waals surface area contributed by atoms with Crippen molar-refractivity contribution in [1.82, 2.24) is 0 Å². The molecular formula is C46H78O10. The molecule has 0 radical (unpaired) electrons. The molecule has 0 N–H and O–H groups in total. The molecule has 6 saturated carbocycles. The summed E-state index contributed by atoms with van der Waals surface area (Å²) in [6.45, 7) is 20.1. The highest BCUT2D eigenvalue weighted by atomic mass is 16.7. The Kier molecular flexibility index (Phi) is 14.4. The number of hydrogen-bond donors (Lipinski definition) is 0. The third-order valence-corrected chi connectivity index (χ3v) is 17.9. The molecule has 0 heterocycles. The van der Waals surface area contributed by atoms with Gasteiger partial charge in [-0.15, -0.1) is 0 Å². The van der Waals surface area contributed by atoms with Crippen LogP contribution in [-0.4, -0.2) is 90.6 Å². The second-order valence-corrected chi connectivity index (χ2v) is 20.0. The van der Waals surface area contributed by atoms with Crippen molar-refractivity contribution in [2.75, 3.05) is 48.6 Å². The van der Waals surface area contributed by atoms with Crippen molar-refractivity contribution < 1.29 is 47.5 Å². The van der Waals surface area contributed by atoms with Gasteiger partial charge >= 0.3 is 5.97 Å². The lowest BCUT2D eigenvalue weighted by atomic mass is 9.44. The summed E-state index contributed by atoms with van der Waals surface area (Å²) in [5, 5.41) is 0. The minimum atomic E-state index is -0.616. The van der Waals surface area contributed by atoms with Crippen molar-refractivity contribution in [3.8, 4) is 0 Å². The van der Waals surface area contributed by atoms with Crippen LogP contribution in [-0.2, 0) is 47.5 Å². The zero-order chi connectivity index (χ0) is 41.4. The first-order valence-corrected chi connectivity index (χ1v) is 21.9. The number of hydrogen-bond acceptors (Lipinski definition) is 10. The maximum Gasteiger partial charge on any atom is 0.302 e. The van der Waals surface area contributed by atoms with E-state index in [0.717, 1.165) is 51.4 Å². The molecule has 0 aromatic carbocycles. The first-order valence-electron chi connectivity index (χ1n) is 21.9. The SMILES string of the molecule is COCOC1C[C@@](C)(CCOC(C)=O)C(=O)[C@H](C)C23CC[C@@H](C)[C@]1(C)C2[C@H](OC)CC3.COCOC1C[C@H](C)C(=O)[C@H](C)C23CC[C@@H](C)[C@]1(C)C2[C@H](OC)CC3. The van der Waals surface area contributed by atoms with E-state index in [0.29, 0.717) is 43.2 Å². The third-order valence-electron chi connectivity index (χ3n) is 17.9. The van der Waals surface area contributed by atoms with E-state index < -0.39 is 5.41 Å². The van der Waals surface area contributed by atoms with Gasteiger partial charge in [0.15, 0.2) is 0 Å². The average molecular weight is 791 g/mol. The number of ketones is 2. The van der Waals surface area contributed by atoms with E-state index in [1.54, 1.807) is 14.2 Å². The number of carbonyl (C=O) groups excluding carboxylic acids is 3. The molecule has 6 unspecified atom stereocenters. The normalized spacial score (nSPS) is 47.3. The topological polar surface area (TPSA) is 116 Å². The summed E-state index contributed by atoms with van der Waals surface area (Å²) in [6, 6.07) is 0. The first kappa shape index (κ1) is 45.7. The molecule has 10 heteroatoms. The molecular weight excluding hydrogens is 712 g/mol. The lowest BCUT2D eigenvalue weighted by Crippen LogP contribution is -2.63. The zero-order valence-electron chi connectivity index (χ0n) is 37.3. The van der Waals surface area contributed by atoms with Gasteiger partial charge in [-0.1, -0.05) is 55.4 Å². The Morgan fingerprint density at radius 1 is 0.679 bits per heavy atom. The molecule has 0 aliphatic heterocycles. The Hall–Kier alpha value is -1.43. The van der Waals surface area contributed by atoms with E-state index in [-0.39, 0.29) is 94.9 Å². The smallest absolute Gasteiger partial charge is 0.302 e. The molecule has 0 aromatic heterocycles. The summed E-state index contributed by atoms with van der Waals surface area (Å²) in [5.74, 6) is 2.14. The van der Waals surface area contributed by atoms with E-state index in [1.807, 2.05) is 21.1 Å². The summed E-state index contributed by atoms with van der Waals surface area (Å²) < 4.78 is 40.5. The van der Waals surface area contributed by atoms with Crippen molar-refractivity contribution in [3.63, 3.8) is 0 Å². The predicted octanol–water partition coefficient (Wildman–Crippen LogP) is 8.46. The standard InChI is InChI=1S/C25H42O6.C21H36O4/c1-16-8-10-25-11-9-19(29-7)21(25)24(16,5)20(31-15-28-6)14-23(4,22(27)17(25)2)12-13-30-18(3)26;1-13-11-17(25-12-23-5)20(4)14(2)7-9-21(15(3)18(13)22)10-8-16(24-6)19(20)21/h16-17,19-21H,8-15H2,1-7H3;13-17,19H,7-12H2,1-6H3/t16-,17+,19-,20?,21?,23-,24+,25?;13-,14+,15-,16+,17?,19?,20-,21?/m10/s1. The molecule has 0 spiro atoms. The molecule has 56 heavy (non-hydrogen) atoms. The number of methoxy groups -OCH3 is 4. The Bertz CT molecular complexity index is 1390. The number of ether oxygens (including phenoxy) is 7. The lowest BCUT2D eigenvalue weighted by Gasteiger charge is -2.62. The van der Waals surface area contributed by atoms with Gasteiger partial charge in [-0.2, -0.15) is 0 Å². The van der Waals surface area contributed by atoms with Gasteiger partial charge < -0.3 is 33.2 Å².